The first-order valence-electron chi connectivity index (χ1n) is 7.24. The first-order chi connectivity index (χ1) is 10.3. The zero-order chi connectivity index (χ0) is 14.7. The van der Waals surface area contributed by atoms with Gasteiger partial charge >= 0.3 is 0 Å². The van der Waals surface area contributed by atoms with Crippen LogP contribution in [0.15, 0.2) is 48.5 Å². The van der Waals surface area contributed by atoms with E-state index in [4.69, 9.17) is 4.74 Å². The number of ether oxygens (including phenoxy) is 1. The third-order valence-electron chi connectivity index (χ3n) is 3.97. The van der Waals surface area contributed by atoms with Crippen molar-refractivity contribution in [1.29, 1.82) is 0 Å². The third-order valence-corrected chi connectivity index (χ3v) is 3.97. The second-order valence-corrected chi connectivity index (χ2v) is 5.39. The molecule has 1 atom stereocenters. The highest BCUT2D eigenvalue weighted by atomic mass is 16.5. The molecule has 3 rings (SSSR count). The van der Waals surface area contributed by atoms with Gasteiger partial charge in [-0.2, -0.15) is 0 Å². The molecule has 0 aromatic heterocycles. The molecule has 0 fully saturated rings. The van der Waals surface area contributed by atoms with Crippen molar-refractivity contribution in [2.24, 2.45) is 0 Å². The SMILES string of the molecule is COCc1ccc(C(=O)NC2CCc3ccccc32)cc1. The number of hydrogen-bond acceptors (Lipinski definition) is 2. The molecule has 3 nitrogen and oxygen atoms in total. The summed E-state index contributed by atoms with van der Waals surface area (Å²) in [5.74, 6) is -0.0133. The summed E-state index contributed by atoms with van der Waals surface area (Å²) in [5, 5.41) is 3.13. The van der Waals surface area contributed by atoms with E-state index in [1.54, 1.807) is 7.11 Å². The molecule has 108 valence electrons. The minimum atomic E-state index is -0.0133. The van der Waals surface area contributed by atoms with E-state index in [1.807, 2.05) is 30.3 Å². The molecule has 0 saturated carbocycles. The van der Waals surface area contributed by atoms with E-state index in [9.17, 15) is 4.79 Å². The molecular formula is C18H19NO2. The molecule has 1 aliphatic carbocycles. The standard InChI is InChI=1S/C18H19NO2/c1-21-12-13-6-8-15(9-7-13)18(20)19-17-11-10-14-4-2-3-5-16(14)17/h2-9,17H,10-12H2,1H3,(H,19,20). The Labute approximate surface area is 124 Å². The van der Waals surface area contributed by atoms with Crippen molar-refractivity contribution in [1.82, 2.24) is 5.32 Å². The second kappa shape index (κ2) is 6.10. The van der Waals surface area contributed by atoms with Crippen LogP contribution >= 0.6 is 0 Å². The molecule has 0 radical (unpaired) electrons. The van der Waals surface area contributed by atoms with Gasteiger partial charge in [0.2, 0.25) is 0 Å². The fourth-order valence-corrected chi connectivity index (χ4v) is 2.87. The molecule has 0 aliphatic heterocycles. The molecule has 21 heavy (non-hydrogen) atoms. The molecule has 2 aromatic rings. The minimum Gasteiger partial charge on any atom is -0.380 e. The zero-order valence-corrected chi connectivity index (χ0v) is 12.1. The number of carbonyl (C=O) groups excluding carboxylic acids is 1. The molecular weight excluding hydrogens is 262 g/mol. The van der Waals surface area contributed by atoms with Gasteiger partial charge in [-0.05, 0) is 41.7 Å². The Hall–Kier alpha value is -2.13. The molecule has 1 unspecified atom stereocenters. The van der Waals surface area contributed by atoms with Crippen molar-refractivity contribution >= 4 is 5.91 Å². The molecule has 0 heterocycles. The Bertz CT molecular complexity index is 634. The number of hydrogen-bond donors (Lipinski definition) is 1. The Balaban J connectivity index is 1.69. The van der Waals surface area contributed by atoms with E-state index in [0.29, 0.717) is 12.2 Å². The van der Waals surface area contributed by atoms with Gasteiger partial charge in [-0.1, -0.05) is 36.4 Å². The van der Waals surface area contributed by atoms with Crippen molar-refractivity contribution in [3.05, 3.63) is 70.8 Å². The zero-order valence-electron chi connectivity index (χ0n) is 12.1. The summed E-state index contributed by atoms with van der Waals surface area (Å²) in [6, 6.07) is 16.0. The van der Waals surface area contributed by atoms with Gasteiger partial charge in [0.05, 0.1) is 12.6 Å². The largest absolute Gasteiger partial charge is 0.380 e. The molecule has 0 bridgehead atoms. The van der Waals surface area contributed by atoms with Crippen LogP contribution in [0.5, 0.6) is 0 Å². The first-order valence-corrected chi connectivity index (χ1v) is 7.24. The predicted molar refractivity (Wildman–Crippen MR) is 82.1 cm³/mol. The monoisotopic (exact) mass is 281 g/mol. The molecule has 3 heteroatoms. The van der Waals surface area contributed by atoms with Gasteiger partial charge in [0.25, 0.3) is 5.91 Å². The highest BCUT2D eigenvalue weighted by molar-refractivity contribution is 5.94. The highest BCUT2D eigenvalue weighted by Crippen LogP contribution is 2.30. The predicted octanol–water partition coefficient (Wildman–Crippen LogP) is 3.25. The maximum Gasteiger partial charge on any atom is 0.251 e. The van der Waals surface area contributed by atoms with Gasteiger partial charge in [-0.3, -0.25) is 4.79 Å². The van der Waals surface area contributed by atoms with Gasteiger partial charge in [-0.25, -0.2) is 0 Å². The van der Waals surface area contributed by atoms with Crippen LogP contribution in [0.2, 0.25) is 0 Å². The molecule has 1 aliphatic rings. The Morgan fingerprint density at radius 2 is 1.95 bits per heavy atom. The summed E-state index contributed by atoms with van der Waals surface area (Å²) in [5.41, 5.74) is 4.36. The van der Waals surface area contributed by atoms with Crippen molar-refractivity contribution in [3.8, 4) is 0 Å². The topological polar surface area (TPSA) is 38.3 Å². The minimum absolute atomic E-state index is 0.0133. The van der Waals surface area contributed by atoms with E-state index in [2.05, 4.69) is 23.5 Å². The van der Waals surface area contributed by atoms with Crippen molar-refractivity contribution in [2.75, 3.05) is 7.11 Å². The van der Waals surface area contributed by atoms with E-state index in [0.717, 1.165) is 18.4 Å². The molecule has 2 aromatic carbocycles. The quantitative estimate of drug-likeness (QED) is 0.934. The maximum atomic E-state index is 12.3. The average molecular weight is 281 g/mol. The Morgan fingerprint density at radius 3 is 2.71 bits per heavy atom. The summed E-state index contributed by atoms with van der Waals surface area (Å²) in [6.07, 6.45) is 2.01. The van der Waals surface area contributed by atoms with Crippen LogP contribution in [0.25, 0.3) is 0 Å². The van der Waals surface area contributed by atoms with Gasteiger partial charge in [0.1, 0.15) is 0 Å². The van der Waals surface area contributed by atoms with E-state index in [-0.39, 0.29) is 11.9 Å². The molecule has 1 amide bonds. The second-order valence-electron chi connectivity index (χ2n) is 5.39. The number of fused-ring (bicyclic) bond motifs is 1. The lowest BCUT2D eigenvalue weighted by Gasteiger charge is -2.14. The third kappa shape index (κ3) is 2.98. The fourth-order valence-electron chi connectivity index (χ4n) is 2.87. The van der Waals surface area contributed by atoms with Crippen LogP contribution in [-0.2, 0) is 17.8 Å². The van der Waals surface area contributed by atoms with Gasteiger partial charge < -0.3 is 10.1 Å². The van der Waals surface area contributed by atoms with Gasteiger partial charge in [-0.15, -0.1) is 0 Å². The summed E-state index contributed by atoms with van der Waals surface area (Å²) in [6.45, 7) is 0.567. The number of rotatable bonds is 4. The van der Waals surface area contributed by atoms with Crippen molar-refractivity contribution in [3.63, 3.8) is 0 Å². The maximum absolute atomic E-state index is 12.3. The lowest BCUT2D eigenvalue weighted by molar-refractivity contribution is 0.0936. The van der Waals surface area contributed by atoms with Crippen LogP contribution in [-0.4, -0.2) is 13.0 Å². The van der Waals surface area contributed by atoms with Gasteiger partial charge in [0.15, 0.2) is 0 Å². The Morgan fingerprint density at radius 1 is 1.19 bits per heavy atom. The molecule has 0 saturated heterocycles. The van der Waals surface area contributed by atoms with Crippen LogP contribution in [0.1, 0.15) is 39.5 Å². The lowest BCUT2D eigenvalue weighted by atomic mass is 10.1. The summed E-state index contributed by atoms with van der Waals surface area (Å²) in [4.78, 5) is 12.3. The number of methoxy groups -OCH3 is 1. The summed E-state index contributed by atoms with van der Waals surface area (Å²) < 4.78 is 5.07. The van der Waals surface area contributed by atoms with Crippen LogP contribution in [0, 0.1) is 0 Å². The van der Waals surface area contributed by atoms with Crippen LogP contribution < -0.4 is 5.32 Å². The number of carbonyl (C=O) groups is 1. The first kappa shape index (κ1) is 13.8. The Kier molecular flexibility index (Phi) is 4.02. The highest BCUT2D eigenvalue weighted by Gasteiger charge is 2.23. The van der Waals surface area contributed by atoms with Crippen molar-refractivity contribution < 1.29 is 9.53 Å². The average Bonchev–Trinajstić information content (AvgIpc) is 2.92. The number of benzene rings is 2. The fraction of sp³-hybridized carbons (Fsp3) is 0.278. The molecule has 1 N–H and O–H groups in total. The normalized spacial score (nSPS) is 16.5. The smallest absolute Gasteiger partial charge is 0.251 e. The van der Waals surface area contributed by atoms with E-state index in [1.165, 1.54) is 11.1 Å². The van der Waals surface area contributed by atoms with Crippen molar-refractivity contribution in [2.45, 2.75) is 25.5 Å². The van der Waals surface area contributed by atoms with E-state index >= 15 is 0 Å². The summed E-state index contributed by atoms with van der Waals surface area (Å²) in [7, 11) is 1.66. The number of nitrogens with one attached hydrogen (secondary N) is 1. The van der Waals surface area contributed by atoms with Crippen LogP contribution in [0.3, 0.4) is 0 Å². The number of aryl methyl sites for hydroxylation is 1. The van der Waals surface area contributed by atoms with E-state index < -0.39 is 0 Å². The van der Waals surface area contributed by atoms with Gasteiger partial charge in [0, 0.05) is 12.7 Å². The molecule has 0 spiro atoms. The number of amides is 1. The van der Waals surface area contributed by atoms with Crippen LogP contribution in [0.4, 0.5) is 0 Å². The lowest BCUT2D eigenvalue weighted by Crippen LogP contribution is -2.27. The summed E-state index contributed by atoms with van der Waals surface area (Å²) >= 11 is 0.